The summed E-state index contributed by atoms with van der Waals surface area (Å²) in [7, 11) is 0. The molecule has 25 heavy (non-hydrogen) atoms. The van der Waals surface area contributed by atoms with E-state index in [1.54, 1.807) is 6.92 Å². The van der Waals surface area contributed by atoms with Crippen molar-refractivity contribution in [3.8, 4) is 11.5 Å². The van der Waals surface area contributed by atoms with E-state index in [1.165, 1.54) is 0 Å². The van der Waals surface area contributed by atoms with E-state index in [4.69, 9.17) is 14.2 Å². The summed E-state index contributed by atoms with van der Waals surface area (Å²) in [5.41, 5.74) is 1.14. The van der Waals surface area contributed by atoms with Crippen LogP contribution in [-0.2, 0) is 20.9 Å². The molecular formula is C19H21NO5. The second-order valence-corrected chi connectivity index (χ2v) is 6.81. The van der Waals surface area contributed by atoms with Gasteiger partial charge in [-0.15, -0.1) is 0 Å². The summed E-state index contributed by atoms with van der Waals surface area (Å²) in [6.45, 7) is 2.26. The van der Waals surface area contributed by atoms with Crippen LogP contribution in [0.15, 0.2) is 29.3 Å². The van der Waals surface area contributed by atoms with Crippen LogP contribution in [0.4, 0.5) is 0 Å². The molecule has 6 heteroatoms. The molecule has 1 N–H and O–H groups in total. The Morgan fingerprint density at radius 1 is 1.16 bits per heavy atom. The summed E-state index contributed by atoms with van der Waals surface area (Å²) in [6.07, 6.45) is 4.51. The maximum absolute atomic E-state index is 12.8. The van der Waals surface area contributed by atoms with Crippen LogP contribution in [0.2, 0.25) is 0 Å². The molecule has 1 aromatic carbocycles. The van der Waals surface area contributed by atoms with Crippen molar-refractivity contribution in [3.05, 3.63) is 34.9 Å². The monoisotopic (exact) mass is 343 g/mol. The Bertz CT molecular complexity index is 761. The van der Waals surface area contributed by atoms with Gasteiger partial charge in [-0.05, 0) is 50.3 Å². The minimum atomic E-state index is -0.724. The summed E-state index contributed by atoms with van der Waals surface area (Å²) in [5.74, 6) is 0.813. The zero-order chi connectivity index (χ0) is 17.4. The van der Waals surface area contributed by atoms with E-state index in [-0.39, 0.29) is 18.7 Å². The lowest BCUT2D eigenvalue weighted by atomic mass is 9.78. The number of amides is 1. The van der Waals surface area contributed by atoms with Crippen molar-refractivity contribution in [2.75, 3.05) is 6.79 Å². The summed E-state index contributed by atoms with van der Waals surface area (Å²) >= 11 is 0. The van der Waals surface area contributed by atoms with E-state index in [1.807, 2.05) is 18.2 Å². The molecule has 132 valence electrons. The third-order valence-corrected chi connectivity index (χ3v) is 5.20. The molecule has 6 nitrogen and oxygen atoms in total. The topological polar surface area (TPSA) is 73.9 Å². The molecule has 2 aliphatic heterocycles. The predicted octanol–water partition coefficient (Wildman–Crippen LogP) is 2.61. The highest BCUT2D eigenvalue weighted by molar-refractivity contribution is 6.07. The lowest BCUT2D eigenvalue weighted by Gasteiger charge is -2.34. The predicted molar refractivity (Wildman–Crippen MR) is 89.0 cm³/mol. The van der Waals surface area contributed by atoms with Crippen molar-refractivity contribution in [3.63, 3.8) is 0 Å². The van der Waals surface area contributed by atoms with Crippen molar-refractivity contribution >= 4 is 11.9 Å². The average molecular weight is 343 g/mol. The molecule has 4 rings (SSSR count). The molecule has 0 aromatic heterocycles. The Hall–Kier alpha value is -2.50. The number of carbonyl (C=O) groups excluding carboxylic acids is 2. The zero-order valence-corrected chi connectivity index (χ0v) is 14.2. The quantitative estimate of drug-likeness (QED) is 0.854. The highest BCUT2D eigenvalue weighted by atomic mass is 16.7. The second kappa shape index (κ2) is 6.10. The lowest BCUT2D eigenvalue weighted by molar-refractivity contribution is -0.149. The van der Waals surface area contributed by atoms with Crippen molar-refractivity contribution in [1.82, 2.24) is 5.32 Å². The molecular weight excluding hydrogens is 322 g/mol. The van der Waals surface area contributed by atoms with Crippen LogP contribution in [0.5, 0.6) is 11.5 Å². The van der Waals surface area contributed by atoms with Crippen molar-refractivity contribution < 1.29 is 23.8 Å². The van der Waals surface area contributed by atoms with Gasteiger partial charge in [0, 0.05) is 12.1 Å². The van der Waals surface area contributed by atoms with Crippen LogP contribution in [-0.4, -0.2) is 24.3 Å². The lowest BCUT2D eigenvalue weighted by Crippen LogP contribution is -2.41. The Kier molecular flexibility index (Phi) is 3.90. The van der Waals surface area contributed by atoms with Gasteiger partial charge in [0.2, 0.25) is 6.79 Å². The summed E-state index contributed by atoms with van der Waals surface area (Å²) < 4.78 is 16.3. The van der Waals surface area contributed by atoms with Gasteiger partial charge in [0.15, 0.2) is 11.5 Å². The van der Waals surface area contributed by atoms with E-state index in [0.717, 1.165) is 37.7 Å². The van der Waals surface area contributed by atoms with Crippen LogP contribution in [0.25, 0.3) is 0 Å². The van der Waals surface area contributed by atoms with E-state index in [2.05, 4.69) is 5.32 Å². The minimum absolute atomic E-state index is 0.220. The molecule has 1 aliphatic carbocycles. The fraction of sp³-hybridized carbons (Fsp3) is 0.474. The first-order chi connectivity index (χ1) is 12.1. The first-order valence-electron chi connectivity index (χ1n) is 8.70. The number of rotatable bonds is 3. The molecule has 1 spiro atoms. The van der Waals surface area contributed by atoms with Gasteiger partial charge < -0.3 is 19.5 Å². The Morgan fingerprint density at radius 2 is 1.92 bits per heavy atom. The Morgan fingerprint density at radius 3 is 2.72 bits per heavy atom. The van der Waals surface area contributed by atoms with Crippen LogP contribution in [0.3, 0.4) is 0 Å². The van der Waals surface area contributed by atoms with Crippen molar-refractivity contribution in [1.29, 1.82) is 0 Å². The number of carbonyl (C=O) groups is 2. The van der Waals surface area contributed by atoms with Gasteiger partial charge in [-0.25, -0.2) is 4.79 Å². The van der Waals surface area contributed by atoms with Gasteiger partial charge in [-0.2, -0.15) is 0 Å². The Labute approximate surface area is 146 Å². The molecule has 3 aliphatic rings. The van der Waals surface area contributed by atoms with Crippen molar-refractivity contribution in [2.24, 2.45) is 0 Å². The Balaban J connectivity index is 1.50. The van der Waals surface area contributed by atoms with Gasteiger partial charge in [-0.3, -0.25) is 4.79 Å². The SMILES string of the molecule is CC1=C(C(=O)NCc2ccc3c(c2)OCO3)C2(CCCCC2)OC1=O. The van der Waals surface area contributed by atoms with Crippen LogP contribution in [0.1, 0.15) is 44.6 Å². The molecule has 0 radical (unpaired) electrons. The molecule has 0 saturated heterocycles. The van der Waals surface area contributed by atoms with Gasteiger partial charge in [0.25, 0.3) is 5.91 Å². The van der Waals surface area contributed by atoms with Gasteiger partial charge in [-0.1, -0.05) is 12.5 Å². The van der Waals surface area contributed by atoms with Gasteiger partial charge in [0.1, 0.15) is 5.60 Å². The standard InChI is InChI=1S/C19H21NO5/c1-12-16(19(25-18(12)22)7-3-2-4-8-19)17(21)20-10-13-5-6-14-15(9-13)24-11-23-14/h5-6,9H,2-4,7-8,10-11H2,1H3,(H,20,21). The third-order valence-electron chi connectivity index (χ3n) is 5.20. The number of nitrogens with one attached hydrogen (secondary N) is 1. The first-order valence-corrected chi connectivity index (χ1v) is 8.70. The normalized spacial score (nSPS) is 20.8. The van der Waals surface area contributed by atoms with Gasteiger partial charge >= 0.3 is 5.97 Å². The molecule has 1 fully saturated rings. The summed E-state index contributed by atoms with van der Waals surface area (Å²) in [6, 6.07) is 5.58. The molecule has 0 atom stereocenters. The van der Waals surface area contributed by atoms with Crippen LogP contribution in [0, 0.1) is 0 Å². The molecule has 1 amide bonds. The largest absolute Gasteiger partial charge is 0.454 e. The highest BCUT2D eigenvalue weighted by Gasteiger charge is 2.49. The number of hydrogen-bond acceptors (Lipinski definition) is 5. The number of hydrogen-bond donors (Lipinski definition) is 1. The number of esters is 1. The fourth-order valence-electron chi connectivity index (χ4n) is 3.92. The van der Waals surface area contributed by atoms with Gasteiger partial charge in [0.05, 0.1) is 5.57 Å². The maximum atomic E-state index is 12.8. The minimum Gasteiger partial charge on any atom is -0.454 e. The summed E-state index contributed by atoms with van der Waals surface area (Å²) in [4.78, 5) is 24.9. The maximum Gasteiger partial charge on any atom is 0.335 e. The molecule has 1 aromatic rings. The van der Waals surface area contributed by atoms with Crippen LogP contribution >= 0.6 is 0 Å². The molecule has 0 bridgehead atoms. The van der Waals surface area contributed by atoms with E-state index in [0.29, 0.717) is 29.2 Å². The van der Waals surface area contributed by atoms with E-state index >= 15 is 0 Å². The smallest absolute Gasteiger partial charge is 0.335 e. The fourth-order valence-corrected chi connectivity index (χ4v) is 3.92. The van der Waals surface area contributed by atoms with Crippen molar-refractivity contribution in [2.45, 2.75) is 51.2 Å². The zero-order valence-electron chi connectivity index (χ0n) is 14.2. The van der Waals surface area contributed by atoms with E-state index in [9.17, 15) is 9.59 Å². The molecule has 2 heterocycles. The van der Waals surface area contributed by atoms with Crippen LogP contribution < -0.4 is 14.8 Å². The second-order valence-electron chi connectivity index (χ2n) is 6.81. The first kappa shape index (κ1) is 16.0. The highest BCUT2D eigenvalue weighted by Crippen LogP contribution is 2.43. The third kappa shape index (κ3) is 2.75. The number of benzene rings is 1. The van der Waals surface area contributed by atoms with E-state index < -0.39 is 5.60 Å². The molecule has 1 saturated carbocycles. The number of ether oxygens (including phenoxy) is 3. The molecule has 0 unspecified atom stereocenters. The summed E-state index contributed by atoms with van der Waals surface area (Å²) in [5, 5.41) is 2.93. The number of fused-ring (bicyclic) bond motifs is 1. The average Bonchev–Trinajstić information content (AvgIpc) is 3.16.